The molecule has 0 bridgehead atoms. The number of hydrogen-bond donors (Lipinski definition) is 2. The number of hydrogen-bond acceptors (Lipinski definition) is 3. The zero-order valence-corrected chi connectivity index (χ0v) is 18.3. The van der Waals surface area contributed by atoms with Gasteiger partial charge in [-0.05, 0) is 65.3 Å². The van der Waals surface area contributed by atoms with Crippen LogP contribution in [0.25, 0.3) is 11.1 Å². The van der Waals surface area contributed by atoms with Crippen molar-refractivity contribution in [1.29, 1.82) is 0 Å². The van der Waals surface area contributed by atoms with Crippen molar-refractivity contribution in [3.05, 3.63) is 89.0 Å². The second-order valence-corrected chi connectivity index (χ2v) is 8.13. The number of carbonyl (C=O) groups is 1. The highest BCUT2D eigenvalue weighted by Gasteiger charge is 2.22. The number of ether oxygens (including phenoxy) is 1. The molecule has 160 valence electrons. The van der Waals surface area contributed by atoms with Crippen LogP contribution < -0.4 is 15.4 Å². The third kappa shape index (κ3) is 5.15. The number of benzene rings is 3. The summed E-state index contributed by atoms with van der Waals surface area (Å²) in [6.45, 7) is 5.71. The van der Waals surface area contributed by atoms with Crippen LogP contribution in [0.15, 0.2) is 66.7 Å². The van der Waals surface area contributed by atoms with Gasteiger partial charge in [0.05, 0.1) is 0 Å². The van der Waals surface area contributed by atoms with Gasteiger partial charge in [-0.15, -0.1) is 0 Å². The van der Waals surface area contributed by atoms with E-state index >= 15 is 0 Å². The molecule has 31 heavy (non-hydrogen) atoms. The quantitative estimate of drug-likeness (QED) is 0.513. The molecule has 1 atom stereocenters. The Morgan fingerprint density at radius 2 is 1.87 bits per heavy atom. The van der Waals surface area contributed by atoms with Crippen LogP contribution in [0.5, 0.6) is 5.75 Å². The van der Waals surface area contributed by atoms with Gasteiger partial charge in [-0.25, -0.2) is 0 Å². The lowest BCUT2D eigenvalue weighted by Crippen LogP contribution is -2.31. The van der Waals surface area contributed by atoms with Gasteiger partial charge in [0.2, 0.25) is 5.91 Å². The van der Waals surface area contributed by atoms with E-state index in [9.17, 15) is 4.79 Å². The molecule has 2 N–H and O–H groups in total. The van der Waals surface area contributed by atoms with Gasteiger partial charge in [-0.3, -0.25) is 4.79 Å². The van der Waals surface area contributed by atoms with Crippen LogP contribution in [0.3, 0.4) is 0 Å². The Kier molecular flexibility index (Phi) is 6.68. The van der Waals surface area contributed by atoms with E-state index in [0.717, 1.165) is 25.1 Å². The zero-order chi connectivity index (χ0) is 21.6. The highest BCUT2D eigenvalue weighted by atomic mass is 16.5. The minimum Gasteiger partial charge on any atom is -0.489 e. The van der Waals surface area contributed by atoms with E-state index in [1.165, 1.54) is 33.4 Å². The van der Waals surface area contributed by atoms with Gasteiger partial charge in [0.25, 0.3) is 0 Å². The molecular formula is C27H30N2O2. The molecule has 1 unspecified atom stereocenters. The van der Waals surface area contributed by atoms with E-state index < -0.39 is 0 Å². The first-order chi connectivity index (χ1) is 15.1. The molecule has 1 aliphatic carbocycles. The molecule has 0 saturated heterocycles. The summed E-state index contributed by atoms with van der Waals surface area (Å²) in [6.07, 6.45) is 2.13. The summed E-state index contributed by atoms with van der Waals surface area (Å²) in [5.41, 5.74) is 7.65. The first-order valence-corrected chi connectivity index (χ1v) is 11.0. The maximum absolute atomic E-state index is 11.0. The molecule has 0 aromatic heterocycles. The normalized spacial score (nSPS) is 14.8. The summed E-state index contributed by atoms with van der Waals surface area (Å²) in [5, 5.41) is 6.38. The van der Waals surface area contributed by atoms with Crippen LogP contribution in [0.1, 0.15) is 41.6 Å². The molecular weight excluding hydrogens is 384 g/mol. The topological polar surface area (TPSA) is 50.4 Å². The highest BCUT2D eigenvalue weighted by Crippen LogP contribution is 2.34. The number of amides is 1. The molecule has 0 radical (unpaired) electrons. The van der Waals surface area contributed by atoms with Crippen LogP contribution in [-0.4, -0.2) is 19.0 Å². The highest BCUT2D eigenvalue weighted by molar-refractivity contribution is 5.72. The fourth-order valence-corrected chi connectivity index (χ4v) is 4.31. The molecule has 1 aliphatic rings. The van der Waals surface area contributed by atoms with Gasteiger partial charge in [0, 0.05) is 26.1 Å². The van der Waals surface area contributed by atoms with Crippen LogP contribution >= 0.6 is 0 Å². The van der Waals surface area contributed by atoms with Crippen molar-refractivity contribution in [2.45, 2.75) is 39.3 Å². The maximum Gasteiger partial charge on any atom is 0.216 e. The van der Waals surface area contributed by atoms with Crippen LogP contribution in [0, 0.1) is 6.92 Å². The van der Waals surface area contributed by atoms with Crippen molar-refractivity contribution in [1.82, 2.24) is 10.6 Å². The van der Waals surface area contributed by atoms with E-state index in [1.54, 1.807) is 6.92 Å². The van der Waals surface area contributed by atoms with Crippen LogP contribution in [-0.2, 0) is 17.8 Å². The molecule has 4 heteroatoms. The molecule has 3 aromatic carbocycles. The van der Waals surface area contributed by atoms with E-state index in [0.29, 0.717) is 19.2 Å². The zero-order valence-electron chi connectivity index (χ0n) is 18.3. The average molecular weight is 415 g/mol. The molecule has 0 aliphatic heterocycles. The second-order valence-electron chi connectivity index (χ2n) is 8.13. The van der Waals surface area contributed by atoms with E-state index in [1.807, 2.05) is 6.07 Å². The van der Waals surface area contributed by atoms with Crippen molar-refractivity contribution < 1.29 is 9.53 Å². The Morgan fingerprint density at radius 3 is 2.68 bits per heavy atom. The van der Waals surface area contributed by atoms with Gasteiger partial charge in [-0.2, -0.15) is 0 Å². The molecule has 4 nitrogen and oxygen atoms in total. The molecule has 1 amide bonds. The Balaban J connectivity index is 1.39. The first kappa shape index (κ1) is 21.1. The van der Waals surface area contributed by atoms with E-state index in [2.05, 4.69) is 78.2 Å². The van der Waals surface area contributed by atoms with E-state index in [-0.39, 0.29) is 5.91 Å². The van der Waals surface area contributed by atoms with Crippen LogP contribution in [0.2, 0.25) is 0 Å². The first-order valence-electron chi connectivity index (χ1n) is 11.0. The number of fused-ring (bicyclic) bond motifs is 1. The Morgan fingerprint density at radius 1 is 1.03 bits per heavy atom. The lowest BCUT2D eigenvalue weighted by atomic mass is 9.97. The summed E-state index contributed by atoms with van der Waals surface area (Å²) in [6, 6.07) is 23.7. The van der Waals surface area contributed by atoms with E-state index in [4.69, 9.17) is 4.74 Å². The summed E-state index contributed by atoms with van der Waals surface area (Å²) in [5.74, 6) is 0.933. The summed E-state index contributed by atoms with van der Waals surface area (Å²) in [7, 11) is 0. The summed E-state index contributed by atoms with van der Waals surface area (Å²) in [4.78, 5) is 11.0. The Labute approximate surface area is 184 Å². The fraction of sp³-hybridized carbons (Fsp3) is 0.296. The molecule has 0 fully saturated rings. The molecule has 0 heterocycles. The SMILES string of the molecule is CC(=O)NCCNC1CCc2cc(OCc3cccc(-c4ccccc4)c3C)ccc21. The average Bonchev–Trinajstić information content (AvgIpc) is 3.19. The summed E-state index contributed by atoms with van der Waals surface area (Å²) < 4.78 is 6.18. The van der Waals surface area contributed by atoms with Gasteiger partial charge >= 0.3 is 0 Å². The van der Waals surface area contributed by atoms with Crippen molar-refractivity contribution in [2.75, 3.05) is 13.1 Å². The van der Waals surface area contributed by atoms with Crippen molar-refractivity contribution in [3.8, 4) is 16.9 Å². The van der Waals surface area contributed by atoms with Crippen molar-refractivity contribution >= 4 is 5.91 Å². The molecule has 3 aromatic rings. The van der Waals surface area contributed by atoms with Gasteiger partial charge < -0.3 is 15.4 Å². The number of aryl methyl sites for hydroxylation is 1. The third-order valence-corrected chi connectivity index (χ3v) is 6.01. The Hall–Kier alpha value is -3.11. The van der Waals surface area contributed by atoms with Crippen molar-refractivity contribution in [2.24, 2.45) is 0 Å². The largest absolute Gasteiger partial charge is 0.489 e. The third-order valence-electron chi connectivity index (χ3n) is 6.01. The number of nitrogens with one attached hydrogen (secondary N) is 2. The lowest BCUT2D eigenvalue weighted by molar-refractivity contribution is -0.118. The van der Waals surface area contributed by atoms with Crippen LogP contribution in [0.4, 0.5) is 0 Å². The second kappa shape index (κ2) is 9.80. The van der Waals surface area contributed by atoms with Crippen molar-refractivity contribution in [3.63, 3.8) is 0 Å². The minimum absolute atomic E-state index is 0.0138. The predicted molar refractivity (Wildman–Crippen MR) is 125 cm³/mol. The Bertz CT molecular complexity index is 1050. The van der Waals surface area contributed by atoms with Gasteiger partial charge in [0.1, 0.15) is 12.4 Å². The lowest BCUT2D eigenvalue weighted by Gasteiger charge is -2.15. The molecule has 0 spiro atoms. The minimum atomic E-state index is 0.0138. The smallest absolute Gasteiger partial charge is 0.216 e. The number of carbonyl (C=O) groups excluding carboxylic acids is 1. The molecule has 4 rings (SSSR count). The number of rotatable bonds is 8. The predicted octanol–water partition coefficient (Wildman–Crippen LogP) is 4.95. The summed E-state index contributed by atoms with van der Waals surface area (Å²) >= 11 is 0. The maximum atomic E-state index is 11.0. The fourth-order valence-electron chi connectivity index (χ4n) is 4.31. The van der Waals surface area contributed by atoms with Gasteiger partial charge in [0.15, 0.2) is 0 Å². The molecule has 0 saturated carbocycles. The van der Waals surface area contributed by atoms with Gasteiger partial charge in [-0.1, -0.05) is 54.6 Å². The monoisotopic (exact) mass is 414 g/mol. The standard InChI is InChI=1S/C27H30N2O2/c1-19-23(9-6-10-25(19)21-7-4-3-5-8-21)18-31-24-12-13-26-22(17-24)11-14-27(26)29-16-15-28-20(2)30/h3-10,12-13,17,27,29H,11,14-16,18H2,1-2H3,(H,28,30).